The Morgan fingerprint density at radius 1 is 1.35 bits per heavy atom. The average Bonchev–Trinajstić information content (AvgIpc) is 3.46. The quantitative estimate of drug-likeness (QED) is 0.322. The number of hydrogen-bond acceptors (Lipinski definition) is 10. The van der Waals surface area contributed by atoms with Gasteiger partial charge in [-0.25, -0.2) is 23.7 Å². The fourth-order valence-corrected chi connectivity index (χ4v) is 3.14. The minimum atomic E-state index is -3.02. The van der Waals surface area contributed by atoms with Crippen LogP contribution in [-0.4, -0.2) is 88.9 Å². The number of carbonyl (C=O) groups is 1. The summed E-state index contributed by atoms with van der Waals surface area (Å²) in [6.07, 6.45) is -2.88. The molecule has 4 rings (SSSR count). The first-order valence-corrected chi connectivity index (χ1v) is 9.16. The second-order valence-corrected chi connectivity index (χ2v) is 7.04. The Morgan fingerprint density at radius 2 is 2.13 bits per heavy atom. The van der Waals surface area contributed by atoms with Crippen molar-refractivity contribution >= 4 is 22.9 Å². The SMILES string of the molecule is CNC(=O)[C@H]1O[C@@H](n2cnc3c(NCC(C)(F)F)nc(-c4c[nH]nn4)nc32)[C@H](O)[C@@H]1O. The van der Waals surface area contributed by atoms with Crippen LogP contribution < -0.4 is 10.6 Å². The Labute approximate surface area is 172 Å². The number of imidazole rings is 1. The van der Waals surface area contributed by atoms with Crippen LogP contribution in [0.2, 0.25) is 0 Å². The number of nitrogens with zero attached hydrogens (tertiary/aromatic N) is 6. The summed E-state index contributed by atoms with van der Waals surface area (Å²) in [6.45, 7) is 0.0306. The van der Waals surface area contributed by atoms with Crippen LogP contribution in [0.15, 0.2) is 12.5 Å². The molecule has 1 amide bonds. The Hall–Kier alpha value is -3.30. The lowest BCUT2D eigenvalue weighted by Gasteiger charge is -2.17. The lowest BCUT2D eigenvalue weighted by Crippen LogP contribution is -2.41. The molecule has 15 heteroatoms. The van der Waals surface area contributed by atoms with E-state index in [4.69, 9.17) is 4.74 Å². The molecule has 4 atom stereocenters. The fraction of sp³-hybridized carbons (Fsp3) is 0.500. The molecule has 0 aliphatic carbocycles. The van der Waals surface area contributed by atoms with Crippen molar-refractivity contribution in [3.05, 3.63) is 12.5 Å². The van der Waals surface area contributed by atoms with Gasteiger partial charge in [-0.15, -0.1) is 5.10 Å². The number of nitrogens with one attached hydrogen (secondary N) is 3. The number of halogens is 2. The van der Waals surface area contributed by atoms with Crippen molar-refractivity contribution in [3.63, 3.8) is 0 Å². The van der Waals surface area contributed by atoms with E-state index in [0.29, 0.717) is 0 Å². The molecule has 3 aromatic rings. The number of hydrogen-bond donors (Lipinski definition) is 5. The number of aliphatic hydroxyl groups is 2. The maximum absolute atomic E-state index is 13.4. The fourth-order valence-electron chi connectivity index (χ4n) is 3.14. The van der Waals surface area contributed by atoms with E-state index in [1.165, 1.54) is 24.1 Å². The van der Waals surface area contributed by atoms with E-state index in [-0.39, 0.29) is 28.5 Å². The second-order valence-electron chi connectivity index (χ2n) is 7.04. The zero-order chi connectivity index (χ0) is 22.3. The summed E-state index contributed by atoms with van der Waals surface area (Å²) in [4.78, 5) is 24.6. The van der Waals surface area contributed by atoms with Gasteiger partial charge in [0.05, 0.1) is 19.1 Å². The number of rotatable bonds is 6. The van der Waals surface area contributed by atoms with Crippen LogP contribution in [0.3, 0.4) is 0 Å². The van der Waals surface area contributed by atoms with E-state index in [1.54, 1.807) is 0 Å². The van der Waals surface area contributed by atoms with Crippen LogP contribution in [-0.2, 0) is 9.53 Å². The molecule has 0 unspecified atom stereocenters. The van der Waals surface area contributed by atoms with Crippen LogP contribution in [0.25, 0.3) is 22.7 Å². The van der Waals surface area contributed by atoms with Crippen molar-refractivity contribution in [3.8, 4) is 11.5 Å². The maximum Gasteiger partial charge on any atom is 0.262 e. The lowest BCUT2D eigenvalue weighted by molar-refractivity contribution is -0.137. The number of aliphatic hydroxyl groups excluding tert-OH is 2. The van der Waals surface area contributed by atoms with Crippen molar-refractivity contribution in [2.75, 3.05) is 18.9 Å². The molecule has 0 saturated carbocycles. The van der Waals surface area contributed by atoms with Crippen LogP contribution in [0, 0.1) is 0 Å². The van der Waals surface area contributed by atoms with Crippen LogP contribution in [0.5, 0.6) is 0 Å². The first-order chi connectivity index (χ1) is 14.7. The van der Waals surface area contributed by atoms with Gasteiger partial charge in [0.2, 0.25) is 0 Å². The van der Waals surface area contributed by atoms with E-state index in [2.05, 4.69) is 41.0 Å². The largest absolute Gasteiger partial charge is 0.387 e. The van der Waals surface area contributed by atoms with Gasteiger partial charge in [0, 0.05) is 14.0 Å². The number of likely N-dealkylation sites (N-methyl/N-ethyl adjacent to an activating group) is 1. The molecule has 0 spiro atoms. The molecule has 4 heterocycles. The highest BCUT2D eigenvalue weighted by Crippen LogP contribution is 2.33. The van der Waals surface area contributed by atoms with Gasteiger partial charge in [0.1, 0.15) is 17.9 Å². The van der Waals surface area contributed by atoms with Gasteiger partial charge in [-0.1, -0.05) is 5.21 Å². The molecule has 31 heavy (non-hydrogen) atoms. The molecule has 13 nitrogen and oxygen atoms in total. The van der Waals surface area contributed by atoms with E-state index in [0.717, 1.165) is 6.92 Å². The summed E-state index contributed by atoms with van der Waals surface area (Å²) in [5.74, 6) is -3.60. The number of aromatic nitrogens is 7. The second kappa shape index (κ2) is 7.75. The summed E-state index contributed by atoms with van der Waals surface area (Å²) in [5, 5.41) is 35.4. The van der Waals surface area contributed by atoms with Gasteiger partial charge in [0.25, 0.3) is 11.8 Å². The van der Waals surface area contributed by atoms with Gasteiger partial charge < -0.3 is 25.6 Å². The highest BCUT2D eigenvalue weighted by atomic mass is 19.3. The van der Waals surface area contributed by atoms with E-state index in [1.807, 2.05) is 0 Å². The molecule has 1 saturated heterocycles. The minimum absolute atomic E-state index is 0.000776. The van der Waals surface area contributed by atoms with Crippen molar-refractivity contribution < 1.29 is 28.5 Å². The van der Waals surface area contributed by atoms with Crippen LogP contribution in [0.1, 0.15) is 13.2 Å². The molecule has 0 aromatic carbocycles. The molecule has 1 aliphatic heterocycles. The van der Waals surface area contributed by atoms with Gasteiger partial charge in [0.15, 0.2) is 35.1 Å². The number of carbonyl (C=O) groups excluding carboxylic acids is 1. The summed E-state index contributed by atoms with van der Waals surface area (Å²) < 4.78 is 33.6. The number of ether oxygens (including phenoxy) is 1. The Balaban J connectivity index is 1.79. The summed E-state index contributed by atoms with van der Waals surface area (Å²) >= 11 is 0. The van der Waals surface area contributed by atoms with Crippen molar-refractivity contribution in [1.82, 2.24) is 40.2 Å². The van der Waals surface area contributed by atoms with Crippen LogP contribution >= 0.6 is 0 Å². The van der Waals surface area contributed by atoms with Gasteiger partial charge in [-0.3, -0.25) is 14.5 Å². The first-order valence-electron chi connectivity index (χ1n) is 9.16. The zero-order valence-corrected chi connectivity index (χ0v) is 16.3. The maximum atomic E-state index is 13.4. The molecule has 1 fully saturated rings. The number of alkyl halides is 2. The number of amides is 1. The average molecular weight is 439 g/mol. The van der Waals surface area contributed by atoms with Crippen molar-refractivity contribution in [2.24, 2.45) is 0 Å². The third kappa shape index (κ3) is 3.89. The minimum Gasteiger partial charge on any atom is -0.387 e. The molecule has 0 bridgehead atoms. The van der Waals surface area contributed by atoms with Gasteiger partial charge in [-0.2, -0.15) is 0 Å². The Kier molecular flexibility index (Phi) is 5.24. The third-order valence-corrected chi connectivity index (χ3v) is 4.65. The topological polar surface area (TPSA) is 176 Å². The summed E-state index contributed by atoms with van der Waals surface area (Å²) in [5.41, 5.74) is 0.450. The van der Waals surface area contributed by atoms with Gasteiger partial charge >= 0.3 is 0 Å². The molecule has 166 valence electrons. The monoisotopic (exact) mass is 439 g/mol. The predicted octanol–water partition coefficient (Wildman–Crippen LogP) is -0.956. The zero-order valence-electron chi connectivity index (χ0n) is 16.3. The normalized spacial score (nSPS) is 23.9. The van der Waals surface area contributed by atoms with E-state index >= 15 is 0 Å². The highest BCUT2D eigenvalue weighted by molar-refractivity contribution is 5.85. The van der Waals surface area contributed by atoms with E-state index in [9.17, 15) is 23.8 Å². The number of H-pyrrole nitrogens is 1. The predicted molar refractivity (Wildman–Crippen MR) is 99.8 cm³/mol. The molecule has 0 radical (unpaired) electrons. The summed E-state index contributed by atoms with van der Waals surface area (Å²) in [7, 11) is 1.36. The Morgan fingerprint density at radius 3 is 2.77 bits per heavy atom. The standard InChI is InChI=1S/C16H19F2N9O4/c1-16(17,18)4-20-12-7-13(24-11(23-12)6-3-22-26-25-6)27(5-21-7)15-9(29)8(28)10(31-15)14(30)19-2/h3,5,8-10,15,28-29H,4H2,1-2H3,(H,19,30)(H,20,23,24)(H,22,25,26)/t8-,9+,10-,15+/m0/s1. The molecular formula is C16H19F2N9O4. The molecule has 3 aromatic heterocycles. The molecular weight excluding hydrogens is 420 g/mol. The summed E-state index contributed by atoms with van der Waals surface area (Å²) in [6, 6.07) is 0. The van der Waals surface area contributed by atoms with Crippen molar-refractivity contribution in [2.45, 2.75) is 37.4 Å². The van der Waals surface area contributed by atoms with Gasteiger partial charge in [-0.05, 0) is 0 Å². The number of aromatic amines is 1. The lowest BCUT2D eigenvalue weighted by atomic mass is 10.1. The molecule has 5 N–H and O–H groups in total. The third-order valence-electron chi connectivity index (χ3n) is 4.65. The number of anilines is 1. The highest BCUT2D eigenvalue weighted by Gasteiger charge is 2.47. The van der Waals surface area contributed by atoms with Crippen LogP contribution in [0.4, 0.5) is 14.6 Å². The number of fused-ring (bicyclic) bond motifs is 1. The van der Waals surface area contributed by atoms with Crippen molar-refractivity contribution in [1.29, 1.82) is 0 Å². The smallest absolute Gasteiger partial charge is 0.262 e. The first kappa shape index (κ1) is 21.0. The Bertz CT molecular complexity index is 1080. The molecule has 1 aliphatic rings. The van der Waals surface area contributed by atoms with E-state index < -0.39 is 42.9 Å².